The number of aliphatic hydroxyl groups excluding tert-OH is 1. The van der Waals surface area contributed by atoms with Crippen molar-refractivity contribution in [3.05, 3.63) is 47.5 Å². The van der Waals surface area contributed by atoms with Gasteiger partial charge in [-0.05, 0) is 18.2 Å². The molecule has 0 saturated heterocycles. The second-order valence-electron chi connectivity index (χ2n) is 4.34. The van der Waals surface area contributed by atoms with Crippen molar-refractivity contribution in [1.29, 1.82) is 0 Å². The predicted octanol–water partition coefficient (Wildman–Crippen LogP) is 0.131. The summed E-state index contributed by atoms with van der Waals surface area (Å²) in [5.41, 5.74) is 2.06. The first-order valence-electron chi connectivity index (χ1n) is 6.51. The molecule has 6 heteroatoms. The summed E-state index contributed by atoms with van der Waals surface area (Å²) >= 11 is 0. The van der Waals surface area contributed by atoms with Crippen LogP contribution < -0.4 is 5.32 Å². The number of carbonyl (C=O) groups is 1. The first-order chi connectivity index (χ1) is 10.2. The van der Waals surface area contributed by atoms with Crippen LogP contribution in [0.3, 0.4) is 0 Å². The second-order valence-corrected chi connectivity index (χ2v) is 4.34. The highest BCUT2D eigenvalue weighted by Gasteiger charge is 2.06. The minimum Gasteiger partial charge on any atom is -0.384 e. The van der Waals surface area contributed by atoms with Gasteiger partial charge >= 0.3 is 0 Å². The molecule has 0 aliphatic carbocycles. The van der Waals surface area contributed by atoms with E-state index in [9.17, 15) is 4.79 Å². The molecular weight excluding hydrogens is 268 g/mol. The van der Waals surface area contributed by atoms with Crippen LogP contribution in [-0.4, -0.2) is 38.9 Å². The first kappa shape index (κ1) is 14.8. The Bertz CT molecular complexity index is 665. The lowest BCUT2D eigenvalue weighted by Crippen LogP contribution is -2.27. The average molecular weight is 284 g/mol. The predicted molar refractivity (Wildman–Crippen MR) is 77.4 cm³/mol. The Morgan fingerprint density at radius 1 is 1.43 bits per heavy atom. The van der Waals surface area contributed by atoms with E-state index in [0.29, 0.717) is 24.2 Å². The normalized spacial score (nSPS) is 9.81. The molecule has 6 nitrogen and oxygen atoms in total. The molecule has 108 valence electrons. The molecular formula is C15H16N4O2. The Hall–Kier alpha value is -2.65. The van der Waals surface area contributed by atoms with Gasteiger partial charge in [-0.25, -0.2) is 4.98 Å². The number of aromatic nitrogens is 3. The molecule has 0 saturated carbocycles. The zero-order valence-corrected chi connectivity index (χ0v) is 11.7. The molecule has 0 radical (unpaired) electrons. The fraction of sp³-hybridized carbons (Fsp3) is 0.267. The fourth-order valence-corrected chi connectivity index (χ4v) is 1.78. The average Bonchev–Trinajstić information content (AvgIpc) is 2.91. The Morgan fingerprint density at radius 3 is 2.90 bits per heavy atom. The minimum atomic E-state index is -0.223. The molecule has 2 rings (SSSR count). The Kier molecular flexibility index (Phi) is 5.07. The van der Waals surface area contributed by atoms with Crippen LogP contribution in [0, 0.1) is 11.8 Å². The highest BCUT2D eigenvalue weighted by Crippen LogP contribution is 2.00. The van der Waals surface area contributed by atoms with Gasteiger partial charge in [0.15, 0.2) is 0 Å². The van der Waals surface area contributed by atoms with Crippen molar-refractivity contribution in [2.45, 2.75) is 6.42 Å². The van der Waals surface area contributed by atoms with E-state index in [1.54, 1.807) is 23.0 Å². The maximum atomic E-state index is 11.9. The molecule has 0 aliphatic rings. The van der Waals surface area contributed by atoms with E-state index in [0.717, 1.165) is 5.69 Å². The van der Waals surface area contributed by atoms with Crippen LogP contribution in [0.4, 0.5) is 0 Å². The number of aryl methyl sites for hydroxylation is 1. The molecule has 0 spiro atoms. The van der Waals surface area contributed by atoms with Gasteiger partial charge in [-0.3, -0.25) is 9.48 Å². The third-order valence-electron chi connectivity index (χ3n) is 2.90. The van der Waals surface area contributed by atoms with Crippen LogP contribution in [0.1, 0.15) is 21.7 Å². The van der Waals surface area contributed by atoms with Gasteiger partial charge in [0.2, 0.25) is 0 Å². The molecule has 1 amide bonds. The summed E-state index contributed by atoms with van der Waals surface area (Å²) in [6.45, 7) is 0.322. The highest BCUT2D eigenvalue weighted by molar-refractivity contribution is 5.92. The number of carbonyl (C=O) groups excluding carboxylic acids is 1. The monoisotopic (exact) mass is 284 g/mol. The molecule has 0 aliphatic heterocycles. The van der Waals surface area contributed by atoms with Gasteiger partial charge in [-0.15, -0.1) is 0 Å². The highest BCUT2D eigenvalue weighted by atomic mass is 16.2. The lowest BCUT2D eigenvalue weighted by atomic mass is 10.2. The number of amides is 1. The van der Waals surface area contributed by atoms with Gasteiger partial charge in [0.25, 0.3) is 5.91 Å². The van der Waals surface area contributed by atoms with Crippen molar-refractivity contribution in [2.75, 3.05) is 13.2 Å². The molecule has 0 atom stereocenters. The van der Waals surface area contributed by atoms with Crippen molar-refractivity contribution in [3.8, 4) is 11.8 Å². The maximum absolute atomic E-state index is 11.9. The van der Waals surface area contributed by atoms with E-state index in [1.807, 2.05) is 13.1 Å². The Balaban J connectivity index is 1.87. The Labute approximate surface area is 122 Å². The van der Waals surface area contributed by atoms with Crippen LogP contribution in [0.5, 0.6) is 0 Å². The van der Waals surface area contributed by atoms with Gasteiger partial charge in [0.1, 0.15) is 12.3 Å². The van der Waals surface area contributed by atoms with E-state index < -0.39 is 0 Å². The van der Waals surface area contributed by atoms with Gasteiger partial charge in [-0.2, -0.15) is 5.10 Å². The van der Waals surface area contributed by atoms with Gasteiger partial charge in [-0.1, -0.05) is 11.8 Å². The molecule has 0 fully saturated rings. The summed E-state index contributed by atoms with van der Waals surface area (Å²) in [4.78, 5) is 16.0. The van der Waals surface area contributed by atoms with Crippen molar-refractivity contribution in [1.82, 2.24) is 20.1 Å². The number of aliphatic hydroxyl groups is 1. The van der Waals surface area contributed by atoms with Crippen LogP contribution >= 0.6 is 0 Å². The molecule has 0 unspecified atom stereocenters. The SMILES string of the molecule is Cn1nccc1CCNC(=O)c1ccc(C#CCO)cn1. The number of hydrogen-bond donors (Lipinski definition) is 2. The zero-order chi connectivity index (χ0) is 15.1. The Morgan fingerprint density at radius 2 is 2.29 bits per heavy atom. The van der Waals surface area contributed by atoms with Gasteiger partial charge in [0, 0.05) is 43.7 Å². The van der Waals surface area contributed by atoms with Gasteiger partial charge < -0.3 is 10.4 Å². The minimum absolute atomic E-state index is 0.198. The second kappa shape index (κ2) is 7.22. The van der Waals surface area contributed by atoms with Crippen molar-refractivity contribution in [2.24, 2.45) is 7.05 Å². The van der Waals surface area contributed by atoms with Crippen molar-refractivity contribution in [3.63, 3.8) is 0 Å². The van der Waals surface area contributed by atoms with E-state index in [1.165, 1.54) is 6.20 Å². The number of nitrogens with zero attached hydrogens (tertiary/aromatic N) is 3. The number of rotatable bonds is 4. The lowest BCUT2D eigenvalue weighted by molar-refractivity contribution is 0.0949. The first-order valence-corrected chi connectivity index (χ1v) is 6.51. The van der Waals surface area contributed by atoms with E-state index in [2.05, 4.69) is 27.2 Å². The molecule has 2 N–H and O–H groups in total. The number of hydrogen-bond acceptors (Lipinski definition) is 4. The van der Waals surface area contributed by atoms with Crippen LogP contribution in [0.25, 0.3) is 0 Å². The summed E-state index contributed by atoms with van der Waals surface area (Å²) in [5, 5.41) is 15.5. The van der Waals surface area contributed by atoms with Crippen LogP contribution in [0.2, 0.25) is 0 Å². The van der Waals surface area contributed by atoms with Crippen LogP contribution in [-0.2, 0) is 13.5 Å². The van der Waals surface area contributed by atoms with Gasteiger partial charge in [0.05, 0.1) is 0 Å². The topological polar surface area (TPSA) is 80.0 Å². The molecule has 0 bridgehead atoms. The summed E-state index contributed by atoms with van der Waals surface area (Å²) in [6, 6.07) is 5.23. The number of pyridine rings is 1. The molecule has 2 heterocycles. The number of nitrogens with one attached hydrogen (secondary N) is 1. The summed E-state index contributed by atoms with van der Waals surface area (Å²) in [6.07, 6.45) is 3.95. The summed E-state index contributed by atoms with van der Waals surface area (Å²) in [5.74, 6) is 5.03. The fourth-order valence-electron chi connectivity index (χ4n) is 1.78. The molecule has 21 heavy (non-hydrogen) atoms. The van der Waals surface area contributed by atoms with E-state index in [-0.39, 0.29) is 12.5 Å². The van der Waals surface area contributed by atoms with Crippen molar-refractivity contribution < 1.29 is 9.90 Å². The summed E-state index contributed by atoms with van der Waals surface area (Å²) in [7, 11) is 1.87. The quantitative estimate of drug-likeness (QED) is 0.782. The zero-order valence-electron chi connectivity index (χ0n) is 11.7. The molecule has 2 aromatic rings. The maximum Gasteiger partial charge on any atom is 0.269 e. The third-order valence-corrected chi connectivity index (χ3v) is 2.90. The third kappa shape index (κ3) is 4.16. The standard InChI is InChI=1S/C15H16N4O2/c1-19-13(7-9-18-19)6-8-16-15(21)14-5-4-12(11-17-14)3-2-10-20/h4-5,7,9,11,20H,6,8,10H2,1H3,(H,16,21). The van der Waals surface area contributed by atoms with Crippen LogP contribution in [0.15, 0.2) is 30.6 Å². The largest absolute Gasteiger partial charge is 0.384 e. The van der Waals surface area contributed by atoms with Crippen molar-refractivity contribution >= 4 is 5.91 Å². The molecule has 0 aromatic carbocycles. The summed E-state index contributed by atoms with van der Waals surface area (Å²) < 4.78 is 1.78. The lowest BCUT2D eigenvalue weighted by Gasteiger charge is -2.05. The molecule has 2 aromatic heterocycles. The van der Waals surface area contributed by atoms with E-state index >= 15 is 0 Å². The smallest absolute Gasteiger partial charge is 0.269 e. The van der Waals surface area contributed by atoms with E-state index in [4.69, 9.17) is 5.11 Å².